The molecule has 0 atom stereocenters. The number of oxime groups is 1. The molecule has 1 aliphatic heterocycles. The van der Waals surface area contributed by atoms with Gasteiger partial charge in [0.25, 0.3) is 0 Å². The fraction of sp³-hybridized carbons (Fsp3) is 0.583. The molecule has 5 nitrogen and oxygen atoms in total. The topological polar surface area (TPSA) is 65.1 Å². The van der Waals surface area contributed by atoms with E-state index in [2.05, 4.69) is 31.8 Å². The molecule has 0 unspecified atom stereocenters. The summed E-state index contributed by atoms with van der Waals surface area (Å²) in [6.07, 6.45) is 1.13. The first-order valence-electron chi connectivity index (χ1n) is 6.20. The largest absolute Gasteiger partial charge is 0.409 e. The molecular formula is C12H20N4OS. The Morgan fingerprint density at radius 1 is 1.33 bits per heavy atom. The third kappa shape index (κ3) is 3.97. The standard InChI is InChI=1S/C12H20N4OS/c13-12(14-17)9-16-6-4-15(5-7-16)3-1-11-2-8-18-10-11/h2,8,10,17H,1,3-7,9H2,(H2,13,14). The second-order valence-corrected chi connectivity index (χ2v) is 5.37. The lowest BCUT2D eigenvalue weighted by Crippen LogP contribution is -2.49. The van der Waals surface area contributed by atoms with E-state index >= 15 is 0 Å². The number of hydrogen-bond acceptors (Lipinski definition) is 5. The molecule has 1 aromatic heterocycles. The summed E-state index contributed by atoms with van der Waals surface area (Å²) in [5, 5.41) is 15.9. The maximum Gasteiger partial charge on any atom is 0.153 e. The van der Waals surface area contributed by atoms with E-state index in [9.17, 15) is 0 Å². The molecule has 2 rings (SSSR count). The van der Waals surface area contributed by atoms with Gasteiger partial charge in [-0.1, -0.05) is 5.16 Å². The third-order valence-electron chi connectivity index (χ3n) is 3.28. The van der Waals surface area contributed by atoms with Gasteiger partial charge in [-0.15, -0.1) is 0 Å². The summed E-state index contributed by atoms with van der Waals surface area (Å²) in [5.74, 6) is 0.293. The van der Waals surface area contributed by atoms with E-state index in [0.717, 1.165) is 39.1 Å². The van der Waals surface area contributed by atoms with Crippen molar-refractivity contribution in [3.8, 4) is 0 Å². The van der Waals surface area contributed by atoms with Gasteiger partial charge in [-0.05, 0) is 28.8 Å². The first kappa shape index (κ1) is 13.3. The molecule has 3 N–H and O–H groups in total. The number of piperazine rings is 1. The molecule has 1 fully saturated rings. The molecule has 0 spiro atoms. The van der Waals surface area contributed by atoms with Gasteiger partial charge in [-0.25, -0.2) is 0 Å². The number of hydrogen-bond donors (Lipinski definition) is 2. The fourth-order valence-electron chi connectivity index (χ4n) is 2.15. The maximum absolute atomic E-state index is 8.53. The SMILES string of the molecule is NC(CN1CCN(CCc2ccsc2)CC1)=NO. The molecule has 0 amide bonds. The van der Waals surface area contributed by atoms with E-state index in [-0.39, 0.29) is 0 Å². The first-order valence-corrected chi connectivity index (χ1v) is 7.14. The summed E-state index contributed by atoms with van der Waals surface area (Å²) in [7, 11) is 0. The number of nitrogens with zero attached hydrogens (tertiary/aromatic N) is 3. The average Bonchev–Trinajstić information content (AvgIpc) is 2.91. The van der Waals surface area contributed by atoms with Gasteiger partial charge in [0, 0.05) is 32.7 Å². The van der Waals surface area contributed by atoms with E-state index in [1.54, 1.807) is 11.3 Å². The van der Waals surface area contributed by atoms with Crippen LogP contribution in [0.5, 0.6) is 0 Å². The van der Waals surface area contributed by atoms with E-state index in [4.69, 9.17) is 10.9 Å². The van der Waals surface area contributed by atoms with Crippen molar-refractivity contribution in [3.63, 3.8) is 0 Å². The van der Waals surface area contributed by atoms with Crippen molar-refractivity contribution in [1.82, 2.24) is 9.80 Å². The van der Waals surface area contributed by atoms with Crippen molar-refractivity contribution >= 4 is 17.2 Å². The van der Waals surface area contributed by atoms with Gasteiger partial charge in [-0.2, -0.15) is 11.3 Å². The molecule has 100 valence electrons. The van der Waals surface area contributed by atoms with Gasteiger partial charge >= 0.3 is 0 Å². The van der Waals surface area contributed by atoms with Crippen molar-refractivity contribution in [3.05, 3.63) is 22.4 Å². The van der Waals surface area contributed by atoms with Gasteiger partial charge in [0.1, 0.15) is 0 Å². The normalized spacial score (nSPS) is 19.2. The molecule has 1 aliphatic rings. The van der Waals surface area contributed by atoms with Crippen LogP contribution < -0.4 is 5.73 Å². The summed E-state index contributed by atoms with van der Waals surface area (Å²) in [6, 6.07) is 2.19. The Hall–Kier alpha value is -1.11. The summed E-state index contributed by atoms with van der Waals surface area (Å²) >= 11 is 1.76. The van der Waals surface area contributed by atoms with Crippen LogP contribution in [0.4, 0.5) is 0 Å². The number of nitrogens with two attached hydrogens (primary N) is 1. The van der Waals surface area contributed by atoms with E-state index < -0.39 is 0 Å². The van der Waals surface area contributed by atoms with E-state index in [0.29, 0.717) is 12.4 Å². The first-order chi connectivity index (χ1) is 8.78. The zero-order valence-electron chi connectivity index (χ0n) is 10.5. The summed E-state index contributed by atoms with van der Waals surface area (Å²) < 4.78 is 0. The van der Waals surface area contributed by atoms with Crippen LogP contribution in [0.25, 0.3) is 0 Å². The van der Waals surface area contributed by atoms with Crippen LogP contribution in [0.2, 0.25) is 0 Å². The predicted octanol–water partition coefficient (Wildman–Crippen LogP) is 0.655. The predicted molar refractivity (Wildman–Crippen MR) is 74.3 cm³/mol. The van der Waals surface area contributed by atoms with Gasteiger partial charge < -0.3 is 15.8 Å². The van der Waals surface area contributed by atoms with Crippen LogP contribution in [0, 0.1) is 0 Å². The van der Waals surface area contributed by atoms with Gasteiger partial charge in [0.15, 0.2) is 5.84 Å². The van der Waals surface area contributed by atoms with Crippen LogP contribution >= 0.6 is 11.3 Å². The molecule has 0 aromatic carbocycles. The smallest absolute Gasteiger partial charge is 0.153 e. The number of amidine groups is 1. The van der Waals surface area contributed by atoms with E-state index in [1.807, 2.05) is 0 Å². The fourth-order valence-corrected chi connectivity index (χ4v) is 2.86. The third-order valence-corrected chi connectivity index (χ3v) is 4.01. The minimum atomic E-state index is 0.293. The van der Waals surface area contributed by atoms with Crippen LogP contribution in [-0.2, 0) is 6.42 Å². The lowest BCUT2D eigenvalue weighted by molar-refractivity contribution is 0.146. The van der Waals surface area contributed by atoms with Gasteiger partial charge in [0.2, 0.25) is 0 Å². The number of rotatable bonds is 5. The Labute approximate surface area is 111 Å². The van der Waals surface area contributed by atoms with E-state index in [1.165, 1.54) is 5.56 Å². The Morgan fingerprint density at radius 3 is 2.67 bits per heavy atom. The van der Waals surface area contributed by atoms with Crippen LogP contribution in [0.15, 0.2) is 22.0 Å². The van der Waals surface area contributed by atoms with Crippen molar-refractivity contribution in [1.29, 1.82) is 0 Å². The molecule has 0 bridgehead atoms. The van der Waals surface area contributed by atoms with Crippen LogP contribution in [0.1, 0.15) is 5.56 Å². The van der Waals surface area contributed by atoms with Crippen molar-refractivity contribution in [2.75, 3.05) is 39.3 Å². The zero-order chi connectivity index (χ0) is 12.8. The van der Waals surface area contributed by atoms with Gasteiger partial charge in [0.05, 0.1) is 6.54 Å². The molecule has 0 saturated carbocycles. The molecule has 6 heteroatoms. The molecule has 2 heterocycles. The maximum atomic E-state index is 8.53. The monoisotopic (exact) mass is 268 g/mol. The zero-order valence-corrected chi connectivity index (χ0v) is 11.3. The summed E-state index contributed by atoms with van der Waals surface area (Å²) in [4.78, 5) is 4.69. The second-order valence-electron chi connectivity index (χ2n) is 4.59. The Balaban J connectivity index is 1.67. The highest BCUT2D eigenvalue weighted by molar-refractivity contribution is 7.07. The summed E-state index contributed by atoms with van der Waals surface area (Å²) in [6.45, 7) is 5.77. The average molecular weight is 268 g/mol. The molecule has 18 heavy (non-hydrogen) atoms. The summed E-state index contributed by atoms with van der Waals surface area (Å²) in [5.41, 5.74) is 6.94. The van der Waals surface area contributed by atoms with Crippen molar-refractivity contribution < 1.29 is 5.21 Å². The highest BCUT2D eigenvalue weighted by atomic mass is 32.1. The molecular weight excluding hydrogens is 248 g/mol. The minimum absolute atomic E-state index is 0.293. The van der Waals surface area contributed by atoms with Crippen LogP contribution in [0.3, 0.4) is 0 Å². The highest BCUT2D eigenvalue weighted by Gasteiger charge is 2.17. The molecule has 0 aliphatic carbocycles. The Morgan fingerprint density at radius 2 is 2.06 bits per heavy atom. The number of thiophene rings is 1. The Bertz CT molecular complexity index is 371. The lowest BCUT2D eigenvalue weighted by Gasteiger charge is -2.34. The quantitative estimate of drug-likeness (QED) is 0.356. The lowest BCUT2D eigenvalue weighted by atomic mass is 10.2. The molecule has 1 aromatic rings. The van der Waals surface area contributed by atoms with Gasteiger partial charge in [-0.3, -0.25) is 4.90 Å². The molecule has 1 saturated heterocycles. The highest BCUT2D eigenvalue weighted by Crippen LogP contribution is 2.08. The molecule has 0 radical (unpaired) electrons. The van der Waals surface area contributed by atoms with Crippen molar-refractivity contribution in [2.24, 2.45) is 10.9 Å². The minimum Gasteiger partial charge on any atom is -0.409 e. The van der Waals surface area contributed by atoms with Crippen molar-refractivity contribution in [2.45, 2.75) is 6.42 Å². The Kier molecular flexibility index (Phi) is 4.98. The second kappa shape index (κ2) is 6.72. The van der Waals surface area contributed by atoms with Crippen LogP contribution in [-0.4, -0.2) is 60.1 Å².